The Kier molecular flexibility index (Phi) is 5.46. The highest BCUT2D eigenvalue weighted by molar-refractivity contribution is 5.10. The molecule has 5 saturated carbocycles. The number of aliphatic hydroxyl groups is 2. The third-order valence-corrected chi connectivity index (χ3v) is 12.3. The highest BCUT2D eigenvalue weighted by Gasteiger charge is 2.61. The van der Waals surface area contributed by atoms with Crippen LogP contribution in [-0.4, -0.2) is 21.4 Å². The van der Waals surface area contributed by atoms with Crippen LogP contribution in [0.4, 0.5) is 0 Å². The molecule has 0 amide bonds. The van der Waals surface area contributed by atoms with E-state index in [2.05, 4.69) is 34.6 Å². The van der Waals surface area contributed by atoms with Gasteiger partial charge in [-0.1, -0.05) is 20.8 Å². The molecule has 2 N–H and O–H groups in total. The summed E-state index contributed by atoms with van der Waals surface area (Å²) in [6.07, 6.45) is 16.5. The largest absolute Gasteiger partial charge is 0.390 e. The van der Waals surface area contributed by atoms with E-state index in [9.17, 15) is 10.2 Å². The van der Waals surface area contributed by atoms with Gasteiger partial charge in [-0.05, 0) is 150 Å². The van der Waals surface area contributed by atoms with Crippen molar-refractivity contribution in [2.24, 2.45) is 52.3 Å². The maximum absolute atomic E-state index is 10.9. The van der Waals surface area contributed by atoms with Crippen LogP contribution >= 0.6 is 0 Å². The summed E-state index contributed by atoms with van der Waals surface area (Å²) in [6, 6.07) is 0. The molecule has 0 bridgehead atoms. The third kappa shape index (κ3) is 3.74. The Bertz CT molecular complexity index is 678. The molecule has 0 aromatic carbocycles. The van der Waals surface area contributed by atoms with E-state index in [0.717, 1.165) is 54.8 Å². The highest BCUT2D eigenvalue weighted by Crippen LogP contribution is 2.69. The first kappa shape index (κ1) is 22.7. The Morgan fingerprint density at radius 3 is 2.29 bits per heavy atom. The summed E-state index contributed by atoms with van der Waals surface area (Å²) in [4.78, 5) is 0. The molecule has 31 heavy (non-hydrogen) atoms. The van der Waals surface area contributed by atoms with Gasteiger partial charge in [0.15, 0.2) is 0 Å². The lowest BCUT2D eigenvalue weighted by atomic mass is 9.43. The van der Waals surface area contributed by atoms with Crippen molar-refractivity contribution in [2.75, 3.05) is 0 Å². The standard InChI is InChI=1S/C29H50O2/c1-19(12-15-29(5,31)20-6-7-20)23-10-11-24-22-9-8-21-18-26(2,30)16-17-27(21,3)25(22)13-14-28(23,24)4/h19-25,30-31H,6-18H2,1-5H3/t19-,21+,22+,23?,24+,25+,26+,27+,28-,29-/m1/s1. The van der Waals surface area contributed by atoms with Gasteiger partial charge < -0.3 is 10.2 Å². The number of hydrogen-bond acceptors (Lipinski definition) is 2. The molecule has 0 aliphatic heterocycles. The third-order valence-electron chi connectivity index (χ3n) is 12.3. The SMILES string of the molecule is C[C@H](CC[C@@](C)(O)C1CC1)C1CC[C@H]2[C@@H]3CC[C@H]4C[C@@](C)(O)CC[C@]4(C)[C@H]3CC[C@]12C. The normalized spacial score (nSPS) is 52.5. The van der Waals surface area contributed by atoms with Crippen LogP contribution in [0.3, 0.4) is 0 Å². The predicted molar refractivity (Wildman–Crippen MR) is 128 cm³/mol. The van der Waals surface area contributed by atoms with Crippen LogP contribution in [0.5, 0.6) is 0 Å². The fourth-order valence-electron chi connectivity index (χ4n) is 10.0. The number of rotatable bonds is 5. The molecule has 0 saturated heterocycles. The maximum Gasteiger partial charge on any atom is 0.0647 e. The Labute approximate surface area is 192 Å². The second-order valence-corrected chi connectivity index (χ2v) is 14.2. The fraction of sp³-hybridized carbons (Fsp3) is 1.00. The van der Waals surface area contributed by atoms with Crippen molar-refractivity contribution in [1.82, 2.24) is 0 Å². The zero-order valence-corrected chi connectivity index (χ0v) is 21.1. The van der Waals surface area contributed by atoms with Gasteiger partial charge in [0.1, 0.15) is 0 Å². The summed E-state index contributed by atoms with van der Waals surface area (Å²) in [5, 5.41) is 21.6. The van der Waals surface area contributed by atoms with Gasteiger partial charge in [-0.25, -0.2) is 0 Å². The molecule has 0 spiro atoms. The van der Waals surface area contributed by atoms with E-state index in [4.69, 9.17) is 0 Å². The molecule has 5 aliphatic carbocycles. The molecular weight excluding hydrogens is 380 g/mol. The topological polar surface area (TPSA) is 40.5 Å². The fourth-order valence-corrected chi connectivity index (χ4v) is 10.0. The van der Waals surface area contributed by atoms with E-state index in [1.54, 1.807) is 0 Å². The van der Waals surface area contributed by atoms with Crippen LogP contribution in [-0.2, 0) is 0 Å². The van der Waals surface area contributed by atoms with Gasteiger partial charge in [0.2, 0.25) is 0 Å². The molecule has 0 aromatic rings. The number of fused-ring (bicyclic) bond motifs is 5. The number of hydrogen-bond donors (Lipinski definition) is 2. The molecule has 0 radical (unpaired) electrons. The van der Waals surface area contributed by atoms with E-state index >= 15 is 0 Å². The lowest BCUT2D eigenvalue weighted by Crippen LogP contribution is -2.55. The Morgan fingerprint density at radius 2 is 1.58 bits per heavy atom. The second kappa shape index (κ2) is 7.46. The van der Waals surface area contributed by atoms with E-state index in [0.29, 0.717) is 16.7 Å². The van der Waals surface area contributed by atoms with E-state index < -0.39 is 11.2 Å². The van der Waals surface area contributed by atoms with Crippen molar-refractivity contribution in [3.8, 4) is 0 Å². The molecule has 2 nitrogen and oxygen atoms in total. The molecule has 1 unspecified atom stereocenters. The zero-order valence-electron chi connectivity index (χ0n) is 21.1. The lowest BCUT2D eigenvalue weighted by Gasteiger charge is -2.62. The average Bonchev–Trinajstić information content (AvgIpc) is 3.49. The lowest BCUT2D eigenvalue weighted by molar-refractivity contribution is -0.148. The van der Waals surface area contributed by atoms with Crippen molar-refractivity contribution < 1.29 is 10.2 Å². The first-order valence-corrected chi connectivity index (χ1v) is 13.9. The van der Waals surface area contributed by atoms with Crippen molar-refractivity contribution in [3.63, 3.8) is 0 Å². The summed E-state index contributed by atoms with van der Waals surface area (Å²) >= 11 is 0. The van der Waals surface area contributed by atoms with E-state index in [1.165, 1.54) is 64.2 Å². The summed E-state index contributed by atoms with van der Waals surface area (Å²) in [5.74, 6) is 5.65. The summed E-state index contributed by atoms with van der Waals surface area (Å²) in [5.41, 5.74) is 0.157. The minimum atomic E-state index is -0.421. The van der Waals surface area contributed by atoms with Gasteiger partial charge in [0, 0.05) is 0 Å². The molecule has 5 rings (SSSR count). The highest BCUT2D eigenvalue weighted by atomic mass is 16.3. The first-order chi connectivity index (χ1) is 14.5. The molecule has 5 fully saturated rings. The van der Waals surface area contributed by atoms with Gasteiger partial charge in [0.05, 0.1) is 11.2 Å². The quantitative estimate of drug-likeness (QED) is 0.494. The molecule has 178 valence electrons. The summed E-state index contributed by atoms with van der Waals surface area (Å²) in [6.45, 7) is 12.0. The van der Waals surface area contributed by atoms with Crippen molar-refractivity contribution in [2.45, 2.75) is 129 Å². The predicted octanol–water partition coefficient (Wildman–Crippen LogP) is 6.97. The minimum absolute atomic E-state index is 0.417. The molecule has 0 aromatic heterocycles. The van der Waals surface area contributed by atoms with E-state index in [1.807, 2.05) is 0 Å². The van der Waals surface area contributed by atoms with Crippen LogP contribution in [0.25, 0.3) is 0 Å². The van der Waals surface area contributed by atoms with Crippen LogP contribution in [0.1, 0.15) is 118 Å². The van der Waals surface area contributed by atoms with Crippen molar-refractivity contribution in [1.29, 1.82) is 0 Å². The van der Waals surface area contributed by atoms with Crippen molar-refractivity contribution >= 4 is 0 Å². The summed E-state index contributed by atoms with van der Waals surface area (Å²) < 4.78 is 0. The van der Waals surface area contributed by atoms with Crippen molar-refractivity contribution in [3.05, 3.63) is 0 Å². The average molecular weight is 431 g/mol. The zero-order chi connectivity index (χ0) is 22.2. The van der Waals surface area contributed by atoms with Crippen LogP contribution < -0.4 is 0 Å². The van der Waals surface area contributed by atoms with Gasteiger partial charge in [-0.15, -0.1) is 0 Å². The van der Waals surface area contributed by atoms with Gasteiger partial charge >= 0.3 is 0 Å². The Hall–Kier alpha value is -0.0800. The minimum Gasteiger partial charge on any atom is -0.390 e. The van der Waals surface area contributed by atoms with Crippen LogP contribution in [0, 0.1) is 52.3 Å². The molecule has 2 heteroatoms. The van der Waals surface area contributed by atoms with Gasteiger partial charge in [0.25, 0.3) is 0 Å². The Morgan fingerprint density at radius 1 is 0.871 bits per heavy atom. The smallest absolute Gasteiger partial charge is 0.0647 e. The molecule has 0 heterocycles. The Balaban J connectivity index is 1.28. The van der Waals surface area contributed by atoms with Gasteiger partial charge in [-0.2, -0.15) is 0 Å². The monoisotopic (exact) mass is 430 g/mol. The maximum atomic E-state index is 10.9. The summed E-state index contributed by atoms with van der Waals surface area (Å²) in [7, 11) is 0. The molecular formula is C29H50O2. The molecule has 10 atom stereocenters. The van der Waals surface area contributed by atoms with E-state index in [-0.39, 0.29) is 0 Å². The van der Waals surface area contributed by atoms with Gasteiger partial charge in [-0.3, -0.25) is 0 Å². The van der Waals surface area contributed by atoms with Crippen LogP contribution in [0.15, 0.2) is 0 Å². The second-order valence-electron chi connectivity index (χ2n) is 14.2. The molecule has 5 aliphatic rings. The first-order valence-electron chi connectivity index (χ1n) is 13.9. The van der Waals surface area contributed by atoms with Crippen LogP contribution in [0.2, 0.25) is 0 Å².